The number of likely N-dealkylation sites (tertiary alicyclic amines) is 1. The number of methoxy groups -OCH3 is 1. The summed E-state index contributed by atoms with van der Waals surface area (Å²) in [6.07, 6.45) is 1.21. The molecule has 3 rings (SSSR count). The fourth-order valence-corrected chi connectivity index (χ4v) is 3.92. The summed E-state index contributed by atoms with van der Waals surface area (Å²) in [4.78, 5) is 15.1. The molecule has 136 valence electrons. The van der Waals surface area contributed by atoms with Crippen LogP contribution in [0.4, 0.5) is 4.79 Å². The summed E-state index contributed by atoms with van der Waals surface area (Å²) < 4.78 is 5.02. The topological polar surface area (TPSA) is 90.5 Å². The van der Waals surface area contributed by atoms with Crippen LogP contribution in [0.1, 0.15) is 35.2 Å². The molecular formula is C17H24N4O3S. The summed E-state index contributed by atoms with van der Waals surface area (Å²) in [6.45, 7) is 2.19. The average molecular weight is 364 g/mol. The second kappa shape index (κ2) is 8.46. The number of ether oxygens (including phenoxy) is 1. The molecule has 1 atom stereocenters. The predicted octanol–water partition coefficient (Wildman–Crippen LogP) is 2.27. The molecule has 0 radical (unpaired) electrons. The number of nitrogens with zero attached hydrogens (tertiary/aromatic N) is 2. The SMILES string of the molecule is COCc1cc(CNC(=O)N2CCC([C@H](O)c3cccs3)CC2)[nH]n1. The van der Waals surface area contributed by atoms with E-state index in [1.165, 1.54) is 0 Å². The molecule has 0 aliphatic carbocycles. The zero-order chi connectivity index (χ0) is 17.6. The molecular weight excluding hydrogens is 340 g/mol. The number of hydrogen-bond donors (Lipinski definition) is 3. The molecule has 0 spiro atoms. The highest BCUT2D eigenvalue weighted by atomic mass is 32.1. The van der Waals surface area contributed by atoms with E-state index in [0.717, 1.165) is 29.1 Å². The molecule has 1 saturated heterocycles. The van der Waals surface area contributed by atoms with Gasteiger partial charge in [0, 0.05) is 25.1 Å². The van der Waals surface area contributed by atoms with E-state index in [1.807, 2.05) is 28.5 Å². The number of aliphatic hydroxyl groups excluding tert-OH is 1. The molecule has 0 aromatic carbocycles. The highest BCUT2D eigenvalue weighted by molar-refractivity contribution is 7.10. The maximum Gasteiger partial charge on any atom is 0.317 e. The van der Waals surface area contributed by atoms with Crippen molar-refractivity contribution in [2.24, 2.45) is 5.92 Å². The van der Waals surface area contributed by atoms with Gasteiger partial charge < -0.3 is 20.1 Å². The summed E-state index contributed by atoms with van der Waals surface area (Å²) >= 11 is 1.58. The van der Waals surface area contributed by atoms with Crippen molar-refractivity contribution in [2.45, 2.75) is 32.1 Å². The van der Waals surface area contributed by atoms with Crippen molar-refractivity contribution in [3.05, 3.63) is 39.8 Å². The molecule has 1 aliphatic rings. The van der Waals surface area contributed by atoms with E-state index in [1.54, 1.807) is 18.4 Å². The van der Waals surface area contributed by atoms with Crippen molar-refractivity contribution >= 4 is 17.4 Å². The van der Waals surface area contributed by atoms with Crippen molar-refractivity contribution in [1.82, 2.24) is 20.4 Å². The van der Waals surface area contributed by atoms with E-state index >= 15 is 0 Å². The number of carbonyl (C=O) groups is 1. The standard InChI is InChI=1S/C17H24N4O3S/c1-24-11-14-9-13(19-20-14)10-18-17(23)21-6-4-12(5-7-21)16(22)15-3-2-8-25-15/h2-3,8-9,12,16,22H,4-7,10-11H2,1H3,(H,18,23)(H,19,20)/t16-/m0/s1. The van der Waals surface area contributed by atoms with E-state index < -0.39 is 6.10 Å². The van der Waals surface area contributed by atoms with Gasteiger partial charge >= 0.3 is 6.03 Å². The first kappa shape index (κ1) is 17.9. The van der Waals surface area contributed by atoms with Crippen molar-refractivity contribution in [3.63, 3.8) is 0 Å². The van der Waals surface area contributed by atoms with E-state index in [4.69, 9.17) is 4.74 Å². The zero-order valence-electron chi connectivity index (χ0n) is 14.3. The Labute approximate surface area is 151 Å². The van der Waals surface area contributed by atoms with Crippen molar-refractivity contribution < 1.29 is 14.6 Å². The Balaban J connectivity index is 1.43. The van der Waals surface area contributed by atoms with Crippen LogP contribution in [0, 0.1) is 5.92 Å². The number of aromatic nitrogens is 2. The Hall–Kier alpha value is -1.90. The highest BCUT2D eigenvalue weighted by Gasteiger charge is 2.28. The lowest BCUT2D eigenvalue weighted by Crippen LogP contribution is -2.44. The Morgan fingerprint density at radius 2 is 2.36 bits per heavy atom. The van der Waals surface area contributed by atoms with Gasteiger partial charge in [0.1, 0.15) is 0 Å². The molecule has 2 amide bonds. The minimum atomic E-state index is -0.422. The number of hydrogen-bond acceptors (Lipinski definition) is 5. The molecule has 8 heteroatoms. The summed E-state index contributed by atoms with van der Waals surface area (Å²) in [6, 6.07) is 5.73. The van der Waals surface area contributed by atoms with Crippen molar-refractivity contribution in [3.8, 4) is 0 Å². The van der Waals surface area contributed by atoms with Crippen LogP contribution in [-0.4, -0.2) is 46.4 Å². The van der Waals surface area contributed by atoms with Crippen LogP contribution >= 0.6 is 11.3 Å². The lowest BCUT2D eigenvalue weighted by Gasteiger charge is -2.34. The molecule has 2 aromatic rings. The lowest BCUT2D eigenvalue weighted by molar-refractivity contribution is 0.0689. The van der Waals surface area contributed by atoms with E-state index in [-0.39, 0.29) is 11.9 Å². The van der Waals surface area contributed by atoms with Gasteiger partial charge in [-0.1, -0.05) is 6.07 Å². The number of aromatic amines is 1. The summed E-state index contributed by atoms with van der Waals surface area (Å²) in [5.74, 6) is 0.215. The van der Waals surface area contributed by atoms with Gasteiger partial charge in [-0.05, 0) is 36.3 Å². The Bertz CT molecular complexity index is 665. The summed E-state index contributed by atoms with van der Waals surface area (Å²) in [7, 11) is 1.62. The Morgan fingerprint density at radius 1 is 1.56 bits per heavy atom. The Kier molecular flexibility index (Phi) is 6.06. The molecule has 25 heavy (non-hydrogen) atoms. The summed E-state index contributed by atoms with van der Waals surface area (Å²) in [5, 5.41) is 22.3. The maximum absolute atomic E-state index is 12.3. The number of thiophene rings is 1. The molecule has 2 aromatic heterocycles. The van der Waals surface area contributed by atoms with E-state index in [0.29, 0.717) is 26.2 Å². The number of carbonyl (C=O) groups excluding carboxylic acids is 1. The second-order valence-corrected chi connectivity index (χ2v) is 7.24. The van der Waals surface area contributed by atoms with Gasteiger partial charge in [-0.25, -0.2) is 4.79 Å². The number of urea groups is 1. The van der Waals surface area contributed by atoms with E-state index in [9.17, 15) is 9.90 Å². The monoisotopic (exact) mass is 364 g/mol. The van der Waals surface area contributed by atoms with Crippen LogP contribution in [0.25, 0.3) is 0 Å². The molecule has 0 saturated carbocycles. The molecule has 1 aliphatic heterocycles. The first-order valence-electron chi connectivity index (χ1n) is 8.43. The third-order valence-corrected chi connectivity index (χ3v) is 5.46. The fourth-order valence-electron chi connectivity index (χ4n) is 3.11. The number of rotatable bonds is 6. The van der Waals surface area contributed by atoms with Gasteiger partial charge in [0.25, 0.3) is 0 Å². The van der Waals surface area contributed by atoms with Crippen LogP contribution in [0.5, 0.6) is 0 Å². The predicted molar refractivity (Wildman–Crippen MR) is 95.1 cm³/mol. The molecule has 3 heterocycles. The molecule has 0 bridgehead atoms. The minimum absolute atomic E-state index is 0.0769. The van der Waals surface area contributed by atoms with Gasteiger partial charge in [-0.15, -0.1) is 11.3 Å². The number of amides is 2. The summed E-state index contributed by atoms with van der Waals surface area (Å²) in [5.41, 5.74) is 1.67. The maximum atomic E-state index is 12.3. The average Bonchev–Trinajstić information content (AvgIpc) is 3.31. The number of piperidine rings is 1. The first-order valence-corrected chi connectivity index (χ1v) is 9.31. The molecule has 1 fully saturated rings. The van der Waals surface area contributed by atoms with Crippen molar-refractivity contribution in [1.29, 1.82) is 0 Å². The molecule has 0 unspecified atom stereocenters. The number of nitrogens with one attached hydrogen (secondary N) is 2. The zero-order valence-corrected chi connectivity index (χ0v) is 15.1. The second-order valence-electron chi connectivity index (χ2n) is 6.26. The Morgan fingerprint density at radius 3 is 3.04 bits per heavy atom. The van der Waals surface area contributed by atoms with Gasteiger partial charge in [0.05, 0.1) is 30.6 Å². The largest absolute Gasteiger partial charge is 0.387 e. The first-order chi connectivity index (χ1) is 12.2. The third kappa shape index (κ3) is 4.59. The van der Waals surface area contributed by atoms with Gasteiger partial charge in [-0.2, -0.15) is 5.10 Å². The number of aliphatic hydroxyl groups is 1. The fraction of sp³-hybridized carbons (Fsp3) is 0.529. The van der Waals surface area contributed by atoms with Gasteiger partial charge in [0.2, 0.25) is 0 Å². The normalized spacial score (nSPS) is 16.8. The minimum Gasteiger partial charge on any atom is -0.387 e. The lowest BCUT2D eigenvalue weighted by atomic mass is 9.90. The third-order valence-electron chi connectivity index (χ3n) is 4.51. The van der Waals surface area contributed by atoms with Crippen LogP contribution in [0.15, 0.2) is 23.6 Å². The van der Waals surface area contributed by atoms with Gasteiger partial charge in [-0.3, -0.25) is 5.10 Å². The smallest absolute Gasteiger partial charge is 0.317 e. The van der Waals surface area contributed by atoms with Crippen LogP contribution in [0.2, 0.25) is 0 Å². The van der Waals surface area contributed by atoms with Crippen LogP contribution < -0.4 is 5.32 Å². The molecule has 7 nitrogen and oxygen atoms in total. The number of H-pyrrole nitrogens is 1. The highest BCUT2D eigenvalue weighted by Crippen LogP contribution is 2.32. The van der Waals surface area contributed by atoms with Crippen LogP contribution in [-0.2, 0) is 17.9 Å². The van der Waals surface area contributed by atoms with Crippen LogP contribution in [0.3, 0.4) is 0 Å². The van der Waals surface area contributed by atoms with Crippen molar-refractivity contribution in [2.75, 3.05) is 20.2 Å². The van der Waals surface area contributed by atoms with Gasteiger partial charge in [0.15, 0.2) is 0 Å². The quantitative estimate of drug-likeness (QED) is 0.733. The van der Waals surface area contributed by atoms with E-state index in [2.05, 4.69) is 15.5 Å². The molecule has 3 N–H and O–H groups in total.